The third-order valence-electron chi connectivity index (χ3n) is 2.60. The SMILES string of the molecule is O=C1C=CC2=C3CC3C=CC2=C1. The molecule has 0 aromatic heterocycles. The van der Waals surface area contributed by atoms with Gasteiger partial charge in [-0.1, -0.05) is 23.8 Å². The van der Waals surface area contributed by atoms with E-state index in [1.54, 1.807) is 12.2 Å². The molecule has 1 nitrogen and oxygen atoms in total. The molecule has 3 aliphatic rings. The molecule has 0 aromatic rings. The molecule has 0 amide bonds. The van der Waals surface area contributed by atoms with E-state index in [1.807, 2.05) is 6.08 Å². The Morgan fingerprint density at radius 1 is 1.25 bits per heavy atom. The molecule has 0 aromatic carbocycles. The van der Waals surface area contributed by atoms with Gasteiger partial charge in [-0.2, -0.15) is 0 Å². The summed E-state index contributed by atoms with van der Waals surface area (Å²) in [5.41, 5.74) is 3.90. The van der Waals surface area contributed by atoms with Crippen molar-refractivity contribution in [3.63, 3.8) is 0 Å². The first-order valence-corrected chi connectivity index (χ1v) is 4.20. The molecule has 1 heteroatoms. The molecule has 1 atom stereocenters. The molecule has 1 saturated carbocycles. The van der Waals surface area contributed by atoms with Gasteiger partial charge in [-0.25, -0.2) is 0 Å². The lowest BCUT2D eigenvalue weighted by molar-refractivity contribution is -0.110. The Labute approximate surface area is 70.8 Å². The van der Waals surface area contributed by atoms with E-state index in [0.29, 0.717) is 5.92 Å². The molecule has 0 spiro atoms. The summed E-state index contributed by atoms with van der Waals surface area (Å²) in [6.07, 6.45) is 10.8. The molecule has 3 rings (SSSR count). The van der Waals surface area contributed by atoms with Gasteiger partial charge in [-0.3, -0.25) is 4.79 Å². The van der Waals surface area contributed by atoms with Crippen molar-refractivity contribution in [1.29, 1.82) is 0 Å². The van der Waals surface area contributed by atoms with Gasteiger partial charge in [0.2, 0.25) is 0 Å². The van der Waals surface area contributed by atoms with E-state index in [-0.39, 0.29) is 5.78 Å². The van der Waals surface area contributed by atoms with Gasteiger partial charge in [0.1, 0.15) is 0 Å². The summed E-state index contributed by atoms with van der Waals surface area (Å²) >= 11 is 0. The van der Waals surface area contributed by atoms with Crippen LogP contribution in [-0.4, -0.2) is 5.78 Å². The van der Waals surface area contributed by atoms with E-state index in [0.717, 1.165) is 5.57 Å². The first-order valence-electron chi connectivity index (χ1n) is 4.20. The molecule has 1 fully saturated rings. The number of carbonyl (C=O) groups is 1. The zero-order chi connectivity index (χ0) is 8.13. The predicted molar refractivity (Wildman–Crippen MR) is 46.5 cm³/mol. The van der Waals surface area contributed by atoms with Crippen molar-refractivity contribution in [2.24, 2.45) is 5.92 Å². The Bertz CT molecular complexity index is 391. The third kappa shape index (κ3) is 0.708. The Hall–Kier alpha value is -1.37. The lowest BCUT2D eigenvalue weighted by Crippen LogP contribution is -1.99. The van der Waals surface area contributed by atoms with Gasteiger partial charge in [0.25, 0.3) is 0 Å². The number of hydrogen-bond acceptors (Lipinski definition) is 1. The van der Waals surface area contributed by atoms with Gasteiger partial charge in [0.05, 0.1) is 0 Å². The molecule has 58 valence electrons. The number of fused-ring (bicyclic) bond motifs is 2. The molecule has 0 saturated heterocycles. The Balaban J connectivity index is 2.18. The van der Waals surface area contributed by atoms with Crippen LogP contribution in [0.15, 0.2) is 47.1 Å². The van der Waals surface area contributed by atoms with Crippen LogP contribution in [0.3, 0.4) is 0 Å². The number of ketones is 1. The van der Waals surface area contributed by atoms with E-state index >= 15 is 0 Å². The highest BCUT2D eigenvalue weighted by Gasteiger charge is 2.33. The molecular weight excluding hydrogens is 148 g/mol. The first-order chi connectivity index (χ1) is 5.84. The van der Waals surface area contributed by atoms with Crippen LogP contribution < -0.4 is 0 Å². The highest BCUT2D eigenvalue weighted by Crippen LogP contribution is 2.47. The van der Waals surface area contributed by atoms with Crippen LogP contribution in [0.2, 0.25) is 0 Å². The van der Waals surface area contributed by atoms with Crippen molar-refractivity contribution in [1.82, 2.24) is 0 Å². The quantitative estimate of drug-likeness (QED) is 0.523. The second-order valence-electron chi connectivity index (χ2n) is 3.44. The first kappa shape index (κ1) is 6.18. The molecule has 0 heterocycles. The molecule has 0 bridgehead atoms. The van der Waals surface area contributed by atoms with E-state index in [4.69, 9.17) is 0 Å². The van der Waals surface area contributed by atoms with Crippen LogP contribution >= 0.6 is 0 Å². The van der Waals surface area contributed by atoms with Crippen molar-refractivity contribution < 1.29 is 4.79 Å². The second-order valence-corrected chi connectivity index (χ2v) is 3.44. The lowest BCUT2D eigenvalue weighted by atomic mass is 9.94. The largest absolute Gasteiger partial charge is 0.290 e. The van der Waals surface area contributed by atoms with Gasteiger partial charge >= 0.3 is 0 Å². The Morgan fingerprint density at radius 2 is 2.17 bits per heavy atom. The number of rotatable bonds is 0. The van der Waals surface area contributed by atoms with Gasteiger partial charge in [0, 0.05) is 5.92 Å². The monoisotopic (exact) mass is 156 g/mol. The van der Waals surface area contributed by atoms with Crippen molar-refractivity contribution >= 4 is 5.78 Å². The zero-order valence-corrected chi connectivity index (χ0v) is 6.58. The normalized spacial score (nSPS) is 29.8. The van der Waals surface area contributed by atoms with Crippen LogP contribution in [0.5, 0.6) is 0 Å². The third-order valence-corrected chi connectivity index (χ3v) is 2.60. The van der Waals surface area contributed by atoms with E-state index < -0.39 is 0 Å². The standard InChI is InChI=1S/C11H8O/c12-9-3-4-10-7(5-9)1-2-8-6-11(8)10/h1-5,8H,6H2. The molecule has 1 unspecified atom stereocenters. The molecule has 0 N–H and O–H groups in total. The highest BCUT2D eigenvalue weighted by atomic mass is 16.1. The van der Waals surface area contributed by atoms with Gasteiger partial charge < -0.3 is 0 Å². The van der Waals surface area contributed by atoms with Gasteiger partial charge in [0.15, 0.2) is 5.78 Å². The fourth-order valence-corrected chi connectivity index (χ4v) is 1.86. The minimum absolute atomic E-state index is 0.109. The van der Waals surface area contributed by atoms with Crippen LogP contribution in [0, 0.1) is 5.92 Å². The van der Waals surface area contributed by atoms with Gasteiger partial charge in [-0.15, -0.1) is 0 Å². The van der Waals surface area contributed by atoms with E-state index in [2.05, 4.69) is 12.2 Å². The zero-order valence-electron chi connectivity index (χ0n) is 6.58. The molecule has 0 radical (unpaired) electrons. The molecule has 3 aliphatic carbocycles. The van der Waals surface area contributed by atoms with Crippen molar-refractivity contribution in [3.8, 4) is 0 Å². The molecule has 12 heavy (non-hydrogen) atoms. The lowest BCUT2D eigenvalue weighted by Gasteiger charge is -2.10. The fourth-order valence-electron chi connectivity index (χ4n) is 1.86. The maximum absolute atomic E-state index is 11.0. The van der Waals surface area contributed by atoms with Crippen molar-refractivity contribution in [3.05, 3.63) is 47.1 Å². The Morgan fingerprint density at radius 3 is 3.08 bits per heavy atom. The smallest absolute Gasteiger partial charge is 0.179 e. The predicted octanol–water partition coefficient (Wildman–Crippen LogP) is 1.94. The summed E-state index contributed by atoms with van der Waals surface area (Å²) in [5.74, 6) is 0.799. The summed E-state index contributed by atoms with van der Waals surface area (Å²) in [5, 5.41) is 0. The summed E-state index contributed by atoms with van der Waals surface area (Å²) in [4.78, 5) is 11.0. The van der Waals surface area contributed by atoms with Crippen LogP contribution in [-0.2, 0) is 4.79 Å². The topological polar surface area (TPSA) is 17.1 Å². The average molecular weight is 156 g/mol. The minimum Gasteiger partial charge on any atom is -0.290 e. The van der Waals surface area contributed by atoms with Crippen LogP contribution in [0.4, 0.5) is 0 Å². The summed E-state index contributed by atoms with van der Waals surface area (Å²) in [7, 11) is 0. The van der Waals surface area contributed by atoms with E-state index in [9.17, 15) is 4.79 Å². The minimum atomic E-state index is 0.109. The van der Waals surface area contributed by atoms with E-state index in [1.165, 1.54) is 17.6 Å². The summed E-state index contributed by atoms with van der Waals surface area (Å²) in [6, 6.07) is 0. The highest BCUT2D eigenvalue weighted by molar-refractivity contribution is 6.03. The number of hydrogen-bond donors (Lipinski definition) is 0. The average Bonchev–Trinajstić information content (AvgIpc) is 2.82. The Kier molecular flexibility index (Phi) is 0.959. The number of allylic oxidation sites excluding steroid dienone is 8. The number of carbonyl (C=O) groups excluding carboxylic acids is 1. The van der Waals surface area contributed by atoms with Crippen molar-refractivity contribution in [2.45, 2.75) is 6.42 Å². The molecule has 0 aliphatic heterocycles. The molecular formula is C11H8O. The summed E-state index contributed by atoms with van der Waals surface area (Å²) < 4.78 is 0. The maximum atomic E-state index is 11.0. The summed E-state index contributed by atoms with van der Waals surface area (Å²) in [6.45, 7) is 0. The van der Waals surface area contributed by atoms with Crippen LogP contribution in [0.25, 0.3) is 0 Å². The maximum Gasteiger partial charge on any atom is 0.179 e. The van der Waals surface area contributed by atoms with Gasteiger partial charge in [-0.05, 0) is 29.7 Å². The fraction of sp³-hybridized carbons (Fsp3) is 0.182. The second kappa shape index (κ2) is 1.86. The van der Waals surface area contributed by atoms with Crippen LogP contribution in [0.1, 0.15) is 6.42 Å². The van der Waals surface area contributed by atoms with Crippen molar-refractivity contribution in [2.75, 3.05) is 0 Å².